The number of urea groups is 1. The van der Waals surface area contributed by atoms with Crippen LogP contribution >= 0.6 is 0 Å². The zero-order valence-corrected chi connectivity index (χ0v) is 12.7. The summed E-state index contributed by atoms with van der Waals surface area (Å²) < 4.78 is 23.0. The van der Waals surface area contributed by atoms with Crippen LogP contribution in [-0.4, -0.2) is 73.0 Å². The normalized spacial score (nSPS) is 18.6. The van der Waals surface area contributed by atoms with Crippen molar-refractivity contribution in [2.45, 2.75) is 20.3 Å². The van der Waals surface area contributed by atoms with Crippen molar-refractivity contribution in [3.05, 3.63) is 0 Å². The lowest BCUT2D eigenvalue weighted by molar-refractivity contribution is -0.137. The Kier molecular flexibility index (Phi) is 5.79. The van der Waals surface area contributed by atoms with Gasteiger partial charge in [0.2, 0.25) is 0 Å². The SMILES string of the molecule is CC(C)CN(CC(=O)O)C(=O)N1CCCS(=O)(=O)CC1. The van der Waals surface area contributed by atoms with Crippen molar-refractivity contribution in [3.63, 3.8) is 0 Å². The van der Waals surface area contributed by atoms with Crippen molar-refractivity contribution in [2.75, 3.05) is 37.7 Å². The molecular weight excluding hydrogens is 284 g/mol. The minimum absolute atomic E-state index is 0.0542. The van der Waals surface area contributed by atoms with Crippen molar-refractivity contribution < 1.29 is 23.1 Å². The summed E-state index contributed by atoms with van der Waals surface area (Å²) in [5.74, 6) is -0.892. The van der Waals surface area contributed by atoms with Gasteiger partial charge >= 0.3 is 12.0 Å². The van der Waals surface area contributed by atoms with E-state index >= 15 is 0 Å². The second-order valence-corrected chi connectivity index (χ2v) is 7.75. The Bertz CT molecular complexity index is 460. The van der Waals surface area contributed by atoms with Gasteiger partial charge in [-0.05, 0) is 12.3 Å². The van der Waals surface area contributed by atoms with Crippen LogP contribution in [0.1, 0.15) is 20.3 Å². The van der Waals surface area contributed by atoms with Crippen LogP contribution < -0.4 is 0 Å². The molecule has 1 aliphatic rings. The van der Waals surface area contributed by atoms with Crippen LogP contribution in [-0.2, 0) is 14.6 Å². The molecular formula is C12H22N2O5S. The maximum absolute atomic E-state index is 12.3. The van der Waals surface area contributed by atoms with Crippen LogP contribution in [0.5, 0.6) is 0 Å². The van der Waals surface area contributed by atoms with Crippen LogP contribution in [0.15, 0.2) is 0 Å². The van der Waals surface area contributed by atoms with Gasteiger partial charge in [0.1, 0.15) is 6.54 Å². The van der Waals surface area contributed by atoms with Crippen LogP contribution in [0.3, 0.4) is 0 Å². The molecule has 0 atom stereocenters. The lowest BCUT2D eigenvalue weighted by Gasteiger charge is -2.29. The largest absolute Gasteiger partial charge is 0.480 e. The second kappa shape index (κ2) is 6.92. The standard InChI is InChI=1S/C12H22N2O5S/c1-10(2)8-14(9-11(15)16)12(17)13-4-3-6-20(18,19)7-5-13/h10H,3-9H2,1-2H3,(H,15,16). The molecule has 2 amide bonds. The summed E-state index contributed by atoms with van der Waals surface area (Å²) >= 11 is 0. The molecule has 0 saturated carbocycles. The molecule has 1 saturated heterocycles. The Labute approximate surface area is 119 Å². The van der Waals surface area contributed by atoms with Crippen molar-refractivity contribution >= 4 is 21.8 Å². The predicted octanol–water partition coefficient (Wildman–Crippen LogP) is 0.270. The van der Waals surface area contributed by atoms with E-state index in [-0.39, 0.29) is 30.5 Å². The van der Waals surface area contributed by atoms with Gasteiger partial charge in [0.15, 0.2) is 9.84 Å². The second-order valence-electron chi connectivity index (χ2n) is 5.44. The van der Waals surface area contributed by atoms with Gasteiger partial charge in [-0.2, -0.15) is 0 Å². The maximum Gasteiger partial charge on any atom is 0.323 e. The fourth-order valence-corrected chi connectivity index (χ4v) is 3.42. The Morgan fingerprint density at radius 3 is 2.45 bits per heavy atom. The van der Waals surface area contributed by atoms with Crippen molar-refractivity contribution in [1.29, 1.82) is 0 Å². The minimum Gasteiger partial charge on any atom is -0.480 e. The third kappa shape index (κ3) is 5.36. The smallest absolute Gasteiger partial charge is 0.323 e. The zero-order valence-electron chi connectivity index (χ0n) is 11.9. The molecule has 0 aromatic heterocycles. The van der Waals surface area contributed by atoms with Gasteiger partial charge in [-0.3, -0.25) is 4.79 Å². The zero-order chi connectivity index (χ0) is 15.3. The number of sulfone groups is 1. The number of hydrogen-bond acceptors (Lipinski definition) is 4. The van der Waals surface area contributed by atoms with E-state index in [9.17, 15) is 18.0 Å². The summed E-state index contributed by atoms with van der Waals surface area (Å²) in [6.45, 7) is 4.26. The molecule has 8 heteroatoms. The highest BCUT2D eigenvalue weighted by molar-refractivity contribution is 7.91. The van der Waals surface area contributed by atoms with Crippen LogP contribution in [0.2, 0.25) is 0 Å². The molecule has 1 fully saturated rings. The van der Waals surface area contributed by atoms with Crippen LogP contribution in [0.25, 0.3) is 0 Å². The number of aliphatic carboxylic acids is 1. The van der Waals surface area contributed by atoms with Crippen molar-refractivity contribution in [1.82, 2.24) is 9.80 Å². The first-order chi connectivity index (χ1) is 9.21. The maximum atomic E-state index is 12.3. The highest BCUT2D eigenvalue weighted by atomic mass is 32.2. The van der Waals surface area contributed by atoms with E-state index in [1.807, 2.05) is 13.8 Å². The average molecular weight is 306 g/mol. The molecule has 0 spiro atoms. The number of nitrogens with zero attached hydrogens (tertiary/aromatic N) is 2. The fourth-order valence-electron chi connectivity index (χ4n) is 2.14. The van der Waals surface area contributed by atoms with E-state index in [4.69, 9.17) is 5.11 Å². The molecule has 0 aromatic rings. The quantitative estimate of drug-likeness (QED) is 0.804. The molecule has 0 aromatic carbocycles. The molecule has 1 rings (SSSR count). The monoisotopic (exact) mass is 306 g/mol. The minimum atomic E-state index is -3.09. The van der Waals surface area contributed by atoms with E-state index in [1.165, 1.54) is 9.80 Å². The first-order valence-corrected chi connectivity index (χ1v) is 8.49. The average Bonchev–Trinajstić information content (AvgIpc) is 2.47. The molecule has 7 nitrogen and oxygen atoms in total. The molecule has 20 heavy (non-hydrogen) atoms. The summed E-state index contributed by atoms with van der Waals surface area (Å²) in [5.41, 5.74) is 0. The van der Waals surface area contributed by atoms with Gasteiger partial charge in [0.25, 0.3) is 0 Å². The topological polar surface area (TPSA) is 95.0 Å². The number of carbonyl (C=O) groups excluding carboxylic acids is 1. The highest BCUT2D eigenvalue weighted by Crippen LogP contribution is 2.10. The molecule has 0 radical (unpaired) electrons. The number of rotatable bonds is 4. The first kappa shape index (κ1) is 16.7. The summed E-state index contributed by atoms with van der Waals surface area (Å²) in [7, 11) is -3.09. The molecule has 0 unspecified atom stereocenters. The van der Waals surface area contributed by atoms with Crippen molar-refractivity contribution in [2.24, 2.45) is 5.92 Å². The van der Waals surface area contributed by atoms with Crippen LogP contribution in [0.4, 0.5) is 4.79 Å². The molecule has 0 bridgehead atoms. The predicted molar refractivity (Wildman–Crippen MR) is 74.3 cm³/mol. The van der Waals surface area contributed by atoms with Gasteiger partial charge in [0, 0.05) is 19.6 Å². The lowest BCUT2D eigenvalue weighted by atomic mass is 10.2. The Balaban J connectivity index is 2.75. The Morgan fingerprint density at radius 1 is 1.25 bits per heavy atom. The highest BCUT2D eigenvalue weighted by Gasteiger charge is 2.27. The van der Waals surface area contributed by atoms with Crippen molar-refractivity contribution in [3.8, 4) is 0 Å². The van der Waals surface area contributed by atoms with Gasteiger partial charge in [-0.15, -0.1) is 0 Å². The van der Waals surface area contributed by atoms with Gasteiger partial charge in [-0.25, -0.2) is 13.2 Å². The summed E-state index contributed by atoms with van der Waals surface area (Å²) in [6.07, 6.45) is 0.399. The Morgan fingerprint density at radius 2 is 1.90 bits per heavy atom. The van der Waals surface area contributed by atoms with E-state index in [0.29, 0.717) is 19.5 Å². The Hall–Kier alpha value is -1.31. The lowest BCUT2D eigenvalue weighted by Crippen LogP contribution is -2.47. The molecule has 0 aliphatic carbocycles. The van der Waals surface area contributed by atoms with Gasteiger partial charge < -0.3 is 14.9 Å². The van der Waals surface area contributed by atoms with E-state index in [2.05, 4.69) is 0 Å². The number of hydrogen-bond donors (Lipinski definition) is 1. The van der Waals surface area contributed by atoms with Gasteiger partial charge in [0.05, 0.1) is 11.5 Å². The van der Waals surface area contributed by atoms with E-state index in [1.54, 1.807) is 0 Å². The summed E-state index contributed by atoms with van der Waals surface area (Å²) in [6, 6.07) is -0.391. The molecule has 116 valence electrons. The van der Waals surface area contributed by atoms with Gasteiger partial charge in [-0.1, -0.05) is 13.8 Å². The third-order valence-corrected chi connectivity index (χ3v) is 4.72. The number of carboxylic acid groups (broad SMARTS) is 1. The molecule has 1 aliphatic heterocycles. The van der Waals surface area contributed by atoms with E-state index in [0.717, 1.165) is 0 Å². The number of carboxylic acids is 1. The number of carbonyl (C=O) groups is 2. The summed E-state index contributed by atoms with van der Waals surface area (Å²) in [5, 5.41) is 8.87. The number of amides is 2. The fraction of sp³-hybridized carbons (Fsp3) is 0.833. The van der Waals surface area contributed by atoms with Crippen LogP contribution in [0, 0.1) is 5.92 Å². The molecule has 1 heterocycles. The molecule has 1 N–H and O–H groups in total. The van der Waals surface area contributed by atoms with E-state index < -0.39 is 21.8 Å². The summed E-state index contributed by atoms with van der Waals surface area (Å²) in [4.78, 5) is 25.9. The third-order valence-electron chi connectivity index (χ3n) is 3.01. The first-order valence-electron chi connectivity index (χ1n) is 6.67.